The monoisotopic (exact) mass is 293 g/mol. The van der Waals surface area contributed by atoms with Crippen molar-refractivity contribution in [3.05, 3.63) is 17.5 Å². The van der Waals surface area contributed by atoms with Gasteiger partial charge in [-0.2, -0.15) is 30.9 Å². The van der Waals surface area contributed by atoms with Crippen molar-refractivity contribution in [2.75, 3.05) is 12.3 Å². The van der Waals surface area contributed by atoms with E-state index in [1.165, 1.54) is 0 Å². The molecule has 0 unspecified atom stereocenters. The van der Waals surface area contributed by atoms with Gasteiger partial charge in [0.25, 0.3) is 0 Å². The van der Waals surface area contributed by atoms with E-state index in [0.717, 1.165) is 23.6 Å². The third-order valence-electron chi connectivity index (χ3n) is 2.82. The second kappa shape index (κ2) is 5.44. The average molecular weight is 293 g/mol. The third kappa shape index (κ3) is 3.65. The molecule has 1 aliphatic carbocycles. The van der Waals surface area contributed by atoms with Crippen LogP contribution in [-0.4, -0.2) is 28.0 Å². The maximum Gasteiger partial charge on any atom is 0.435 e. The van der Waals surface area contributed by atoms with Crippen LogP contribution in [0.4, 0.5) is 13.2 Å². The van der Waals surface area contributed by atoms with Crippen molar-refractivity contribution in [2.24, 2.45) is 0 Å². The van der Waals surface area contributed by atoms with Crippen LogP contribution in [-0.2, 0) is 17.5 Å². The Morgan fingerprint density at radius 3 is 2.74 bits per heavy atom. The molecular weight excluding hydrogens is 279 g/mol. The van der Waals surface area contributed by atoms with Gasteiger partial charge in [0, 0.05) is 23.9 Å². The highest BCUT2D eigenvalue weighted by molar-refractivity contribution is 7.80. The summed E-state index contributed by atoms with van der Waals surface area (Å²) >= 11 is 3.94. The molecule has 8 heteroatoms. The molecule has 1 amide bonds. The lowest BCUT2D eigenvalue weighted by Gasteiger charge is -2.07. The second-order valence-electron chi connectivity index (χ2n) is 4.46. The molecule has 4 nitrogen and oxygen atoms in total. The maximum atomic E-state index is 12.6. The standard InChI is InChI=1S/C11H14F3N3OS/c12-11(13,14)9-5-8(7-1-2-7)17(16-9)6-10(18)15-3-4-19/h5,7,19H,1-4,6H2,(H,15,18). The van der Waals surface area contributed by atoms with Gasteiger partial charge in [-0.3, -0.25) is 9.48 Å². The summed E-state index contributed by atoms with van der Waals surface area (Å²) in [7, 11) is 0. The number of nitrogens with one attached hydrogen (secondary N) is 1. The average Bonchev–Trinajstić information content (AvgIpc) is 3.07. The largest absolute Gasteiger partial charge is 0.435 e. The Kier molecular flexibility index (Phi) is 4.07. The van der Waals surface area contributed by atoms with Gasteiger partial charge in [-0.05, 0) is 18.9 Å². The summed E-state index contributed by atoms with van der Waals surface area (Å²) in [6.45, 7) is 0.198. The number of nitrogens with zero attached hydrogens (tertiary/aromatic N) is 2. The normalized spacial score (nSPS) is 15.6. The molecule has 0 saturated heterocycles. The zero-order valence-corrected chi connectivity index (χ0v) is 11.0. The first-order valence-corrected chi connectivity index (χ1v) is 6.57. The first-order chi connectivity index (χ1) is 8.91. The van der Waals surface area contributed by atoms with Gasteiger partial charge in [-0.15, -0.1) is 0 Å². The summed E-state index contributed by atoms with van der Waals surface area (Å²) in [5, 5.41) is 6.06. The minimum Gasteiger partial charge on any atom is -0.354 e. The molecule has 1 aromatic rings. The molecule has 1 N–H and O–H groups in total. The van der Waals surface area contributed by atoms with Crippen LogP contribution in [0.25, 0.3) is 0 Å². The maximum absolute atomic E-state index is 12.6. The SMILES string of the molecule is O=C(Cn1nc(C(F)(F)F)cc1C1CC1)NCCS. The molecule has 2 rings (SSSR count). The lowest BCUT2D eigenvalue weighted by Crippen LogP contribution is -2.30. The van der Waals surface area contributed by atoms with Gasteiger partial charge >= 0.3 is 6.18 Å². The van der Waals surface area contributed by atoms with Crippen LogP contribution in [0.15, 0.2) is 6.07 Å². The van der Waals surface area contributed by atoms with E-state index < -0.39 is 11.9 Å². The van der Waals surface area contributed by atoms with Gasteiger partial charge in [0.15, 0.2) is 5.69 Å². The molecule has 0 radical (unpaired) electrons. The number of rotatable bonds is 5. The number of carbonyl (C=O) groups is 1. The number of hydrogen-bond donors (Lipinski definition) is 2. The van der Waals surface area contributed by atoms with Gasteiger partial charge in [0.05, 0.1) is 0 Å². The van der Waals surface area contributed by atoms with E-state index in [9.17, 15) is 18.0 Å². The van der Waals surface area contributed by atoms with Crippen molar-refractivity contribution in [2.45, 2.75) is 31.5 Å². The quantitative estimate of drug-likeness (QED) is 0.814. The molecule has 0 bridgehead atoms. The highest BCUT2D eigenvalue weighted by Crippen LogP contribution is 2.42. The first kappa shape index (κ1) is 14.2. The van der Waals surface area contributed by atoms with Crippen molar-refractivity contribution >= 4 is 18.5 Å². The Morgan fingerprint density at radius 2 is 2.21 bits per heavy atom. The predicted molar refractivity (Wildman–Crippen MR) is 66.1 cm³/mol. The van der Waals surface area contributed by atoms with E-state index in [1.807, 2.05) is 0 Å². The molecule has 0 aromatic carbocycles. The van der Waals surface area contributed by atoms with Gasteiger partial charge in [0.1, 0.15) is 6.54 Å². The number of carbonyl (C=O) groups excluding carboxylic acids is 1. The molecule has 0 aliphatic heterocycles. The fraction of sp³-hybridized carbons (Fsp3) is 0.636. The number of amides is 1. The summed E-state index contributed by atoms with van der Waals surface area (Å²) in [4.78, 5) is 11.5. The van der Waals surface area contributed by atoms with Crippen LogP contribution in [0, 0.1) is 0 Å². The fourth-order valence-corrected chi connectivity index (χ4v) is 1.90. The number of aromatic nitrogens is 2. The molecular formula is C11H14F3N3OS. The number of halogens is 3. The minimum atomic E-state index is -4.48. The number of thiol groups is 1. The third-order valence-corrected chi connectivity index (χ3v) is 3.05. The van der Waals surface area contributed by atoms with Gasteiger partial charge in [0.2, 0.25) is 5.91 Å². The van der Waals surface area contributed by atoms with E-state index in [2.05, 4.69) is 23.0 Å². The molecule has 0 atom stereocenters. The zero-order valence-electron chi connectivity index (χ0n) is 10.1. The Balaban J connectivity index is 2.14. The van der Waals surface area contributed by atoms with Crippen LogP contribution in [0.5, 0.6) is 0 Å². The Morgan fingerprint density at radius 1 is 1.53 bits per heavy atom. The van der Waals surface area contributed by atoms with Crippen molar-refractivity contribution in [3.8, 4) is 0 Å². The lowest BCUT2D eigenvalue weighted by atomic mass is 10.2. The van der Waals surface area contributed by atoms with E-state index in [1.54, 1.807) is 0 Å². The number of alkyl halides is 3. The minimum absolute atomic E-state index is 0.0984. The van der Waals surface area contributed by atoms with Crippen LogP contribution in [0.2, 0.25) is 0 Å². The molecule has 1 heterocycles. The summed E-state index contributed by atoms with van der Waals surface area (Å²) in [5.41, 5.74) is -0.440. The van der Waals surface area contributed by atoms with E-state index in [0.29, 0.717) is 18.0 Å². The van der Waals surface area contributed by atoms with Crippen molar-refractivity contribution < 1.29 is 18.0 Å². The van der Waals surface area contributed by atoms with Crippen molar-refractivity contribution in [1.29, 1.82) is 0 Å². The number of hydrogen-bond acceptors (Lipinski definition) is 3. The molecule has 106 valence electrons. The van der Waals surface area contributed by atoms with Crippen molar-refractivity contribution in [3.63, 3.8) is 0 Å². The predicted octanol–water partition coefficient (Wildman–Crippen LogP) is 1.83. The first-order valence-electron chi connectivity index (χ1n) is 5.94. The summed E-state index contributed by atoms with van der Waals surface area (Å²) < 4.78 is 39.0. The molecule has 1 saturated carbocycles. The Bertz CT molecular complexity index is 468. The topological polar surface area (TPSA) is 46.9 Å². The van der Waals surface area contributed by atoms with E-state index in [-0.39, 0.29) is 18.4 Å². The van der Waals surface area contributed by atoms with Gasteiger partial charge in [-0.1, -0.05) is 0 Å². The smallest absolute Gasteiger partial charge is 0.354 e. The van der Waals surface area contributed by atoms with Crippen LogP contribution >= 0.6 is 12.6 Å². The van der Waals surface area contributed by atoms with Crippen molar-refractivity contribution in [1.82, 2.24) is 15.1 Å². The summed E-state index contributed by atoms with van der Waals surface area (Å²) in [6, 6.07) is 1.05. The van der Waals surface area contributed by atoms with E-state index in [4.69, 9.17) is 0 Å². The van der Waals surface area contributed by atoms with Crippen LogP contribution < -0.4 is 5.32 Å². The fourth-order valence-electron chi connectivity index (χ4n) is 1.79. The summed E-state index contributed by atoms with van der Waals surface area (Å²) in [6.07, 6.45) is -2.78. The molecule has 1 aliphatic rings. The van der Waals surface area contributed by atoms with Crippen LogP contribution in [0.3, 0.4) is 0 Å². The van der Waals surface area contributed by atoms with Gasteiger partial charge < -0.3 is 5.32 Å². The van der Waals surface area contributed by atoms with Crippen LogP contribution in [0.1, 0.15) is 30.1 Å². The molecule has 1 fully saturated rings. The zero-order chi connectivity index (χ0) is 14.0. The Labute approximate surface area is 113 Å². The lowest BCUT2D eigenvalue weighted by molar-refractivity contribution is -0.141. The molecule has 1 aromatic heterocycles. The highest BCUT2D eigenvalue weighted by Gasteiger charge is 2.37. The highest BCUT2D eigenvalue weighted by atomic mass is 32.1. The molecule has 0 spiro atoms. The second-order valence-corrected chi connectivity index (χ2v) is 4.90. The van der Waals surface area contributed by atoms with Gasteiger partial charge in [-0.25, -0.2) is 0 Å². The van der Waals surface area contributed by atoms with E-state index >= 15 is 0 Å². The summed E-state index contributed by atoms with van der Waals surface area (Å²) in [5.74, 6) is 0.225. The molecule has 19 heavy (non-hydrogen) atoms. The Hall–Kier alpha value is -1.18.